The van der Waals surface area contributed by atoms with E-state index in [0.29, 0.717) is 16.7 Å². The Hall–Kier alpha value is -6.32. The van der Waals surface area contributed by atoms with Crippen LogP contribution in [0.2, 0.25) is 0 Å². The van der Waals surface area contributed by atoms with Crippen molar-refractivity contribution in [3.8, 4) is 23.0 Å². The van der Waals surface area contributed by atoms with E-state index in [1.54, 1.807) is 0 Å². The normalized spacial score (nSPS) is 26.3. The van der Waals surface area contributed by atoms with Crippen molar-refractivity contribution in [1.29, 1.82) is 0 Å². The van der Waals surface area contributed by atoms with Crippen LogP contribution in [0, 0.1) is 0 Å². The van der Waals surface area contributed by atoms with Crippen molar-refractivity contribution in [2.45, 2.75) is 61.7 Å². The van der Waals surface area contributed by atoms with Gasteiger partial charge in [0.15, 0.2) is 30.0 Å². The second-order valence-electron chi connectivity index (χ2n) is 13.6. The van der Waals surface area contributed by atoms with Crippen LogP contribution in [0.1, 0.15) is 23.6 Å². The van der Waals surface area contributed by atoms with E-state index in [2.05, 4.69) is 0 Å². The van der Waals surface area contributed by atoms with Gasteiger partial charge in [0.05, 0.1) is 7.11 Å². The van der Waals surface area contributed by atoms with Gasteiger partial charge in [0.2, 0.25) is 5.79 Å². The van der Waals surface area contributed by atoms with Crippen LogP contribution in [-0.2, 0) is 52.3 Å². The monoisotopic (exact) mass is 852 g/mol. The molecule has 5 rings (SSSR count). The molecule has 2 aliphatic rings. The first kappa shape index (κ1) is 45.8. The largest absolute Gasteiger partial charge is 0.508 e. The van der Waals surface area contributed by atoms with E-state index in [9.17, 15) is 54.9 Å². The second-order valence-corrected chi connectivity index (χ2v) is 13.6. The Balaban J connectivity index is 1.44. The Morgan fingerprint density at radius 1 is 0.672 bits per heavy atom. The number of ether oxygens (including phenoxy) is 8. The average Bonchev–Trinajstić information content (AvgIpc) is 3.49. The topological polar surface area (TPSA) is 284 Å². The highest BCUT2D eigenvalue weighted by Gasteiger charge is 2.61. The number of hydrogen-bond acceptors (Lipinski definition) is 19. The summed E-state index contributed by atoms with van der Waals surface area (Å²) < 4.78 is 44.1. The lowest BCUT2D eigenvalue weighted by atomic mass is 9.99. The van der Waals surface area contributed by atoms with Gasteiger partial charge in [-0.15, -0.1) is 0 Å². The summed E-state index contributed by atoms with van der Waals surface area (Å²) in [4.78, 5) is 50.7. The highest BCUT2D eigenvalue weighted by atomic mass is 16.8. The Bertz CT molecular complexity index is 2080. The van der Waals surface area contributed by atoms with E-state index in [4.69, 9.17) is 37.9 Å². The van der Waals surface area contributed by atoms with Crippen LogP contribution < -0.4 is 4.74 Å². The third-order valence-corrected chi connectivity index (χ3v) is 9.20. The van der Waals surface area contributed by atoms with Crippen LogP contribution in [0.25, 0.3) is 18.2 Å². The molecule has 0 spiro atoms. The van der Waals surface area contributed by atoms with E-state index < -0.39 is 98.5 Å². The lowest BCUT2D eigenvalue weighted by Gasteiger charge is -2.43. The van der Waals surface area contributed by atoms with E-state index in [1.807, 2.05) is 0 Å². The number of aliphatic hydroxyl groups excluding tert-OH is 4. The minimum atomic E-state index is -2.65. The number of rotatable bonds is 16. The summed E-state index contributed by atoms with van der Waals surface area (Å²) in [5, 5.41) is 73.2. The van der Waals surface area contributed by atoms with Gasteiger partial charge in [-0.3, -0.25) is 4.79 Å². The zero-order chi connectivity index (χ0) is 44.3. The summed E-state index contributed by atoms with van der Waals surface area (Å²) in [6, 6.07) is 15.8. The molecule has 9 unspecified atom stereocenters. The maximum atomic E-state index is 13.2. The Kier molecular flexibility index (Phi) is 15.6. The van der Waals surface area contributed by atoms with Crippen LogP contribution in [0.4, 0.5) is 0 Å². The summed E-state index contributed by atoms with van der Waals surface area (Å²) in [5.41, 5.74) is 1.39. The number of carbonyl (C=O) groups excluding carboxylic acids is 4. The summed E-state index contributed by atoms with van der Waals surface area (Å²) in [6.45, 7) is -1.32. The molecule has 2 fully saturated rings. The Labute approximate surface area is 347 Å². The standard InChI is InChI=1S/C42H44O19/c1-23(43)55-20-31-36(50)37(51)38(52)41(58-31)61-42(22-57-34(48)16-8-24-3-11-27(44)12-4-24)40(53)39(59-35(49)18-9-25-5-13-28(45)14-6-25)32(60-42)21-56-33(47)17-10-26-7-15-29(46)30(19-26)54-2/h3-19,31-32,36-41,44-46,50-53H,20-22H2,1-2H3. The molecule has 0 amide bonds. The molecule has 19 nitrogen and oxygen atoms in total. The molecule has 3 aromatic rings. The fourth-order valence-electron chi connectivity index (χ4n) is 5.98. The van der Waals surface area contributed by atoms with Crippen molar-refractivity contribution in [2.24, 2.45) is 0 Å². The van der Waals surface area contributed by atoms with Crippen LogP contribution in [-0.4, -0.2) is 141 Å². The van der Waals surface area contributed by atoms with Gasteiger partial charge >= 0.3 is 23.9 Å². The van der Waals surface area contributed by atoms with Gasteiger partial charge in [-0.05, 0) is 71.3 Å². The second kappa shape index (κ2) is 20.8. The third-order valence-electron chi connectivity index (χ3n) is 9.20. The SMILES string of the molecule is COc1cc(C=CC(=O)OCC2OC(COC(=O)C=Cc3ccc(O)cc3)(OC3OC(COC(C)=O)C(O)C(O)C3O)C(O)C2OC(=O)C=Cc2ccc(O)cc2)ccc1O. The number of phenols is 3. The molecule has 19 heteroatoms. The smallest absolute Gasteiger partial charge is 0.331 e. The van der Waals surface area contributed by atoms with Crippen LogP contribution in [0.5, 0.6) is 23.0 Å². The number of phenolic OH excluding ortho intramolecular Hbond substituents is 3. The number of benzene rings is 3. The van der Waals surface area contributed by atoms with Gasteiger partial charge < -0.3 is 73.6 Å². The van der Waals surface area contributed by atoms with Crippen molar-refractivity contribution in [1.82, 2.24) is 0 Å². The molecule has 61 heavy (non-hydrogen) atoms. The maximum absolute atomic E-state index is 13.2. The first-order valence-electron chi connectivity index (χ1n) is 18.5. The third kappa shape index (κ3) is 12.4. The van der Waals surface area contributed by atoms with Gasteiger partial charge in [-0.25, -0.2) is 14.4 Å². The lowest BCUT2D eigenvalue weighted by molar-refractivity contribution is -0.383. The van der Waals surface area contributed by atoms with Crippen LogP contribution in [0.15, 0.2) is 85.0 Å². The fourth-order valence-corrected chi connectivity index (χ4v) is 5.98. The lowest BCUT2D eigenvalue weighted by Crippen LogP contribution is -2.63. The van der Waals surface area contributed by atoms with Crippen molar-refractivity contribution in [2.75, 3.05) is 26.9 Å². The van der Waals surface area contributed by atoms with Crippen LogP contribution in [0.3, 0.4) is 0 Å². The molecule has 7 N–H and O–H groups in total. The molecule has 0 bridgehead atoms. The quantitative estimate of drug-likeness (QED) is 0.0603. The molecule has 2 saturated heterocycles. The van der Waals surface area contributed by atoms with Gasteiger partial charge in [0.1, 0.15) is 61.8 Å². The van der Waals surface area contributed by atoms with Crippen molar-refractivity contribution < 1.29 is 92.8 Å². The molecule has 0 radical (unpaired) electrons. The highest BCUT2D eigenvalue weighted by molar-refractivity contribution is 5.88. The molecule has 3 aromatic carbocycles. The minimum absolute atomic E-state index is 0.0219. The molecule has 2 aliphatic heterocycles. The van der Waals surface area contributed by atoms with Gasteiger partial charge in [0.25, 0.3) is 0 Å². The number of carbonyl (C=O) groups is 4. The molecule has 0 saturated carbocycles. The molecular formula is C42H44O19. The minimum Gasteiger partial charge on any atom is -0.508 e. The van der Waals surface area contributed by atoms with Crippen molar-refractivity contribution >= 4 is 42.1 Å². The number of hydrogen-bond donors (Lipinski definition) is 7. The number of aliphatic hydroxyl groups is 4. The molecule has 9 atom stereocenters. The van der Waals surface area contributed by atoms with Gasteiger partial charge in [-0.1, -0.05) is 30.3 Å². The first-order chi connectivity index (χ1) is 29.1. The molecular weight excluding hydrogens is 808 g/mol. The first-order valence-corrected chi connectivity index (χ1v) is 18.5. The number of aromatic hydroxyl groups is 3. The fraction of sp³-hybridized carbons (Fsp3) is 0.333. The number of esters is 4. The average molecular weight is 853 g/mol. The van der Waals surface area contributed by atoms with E-state index in [-0.39, 0.29) is 23.0 Å². The maximum Gasteiger partial charge on any atom is 0.331 e. The van der Waals surface area contributed by atoms with Crippen molar-refractivity contribution in [3.63, 3.8) is 0 Å². The molecule has 0 aromatic heterocycles. The van der Waals surface area contributed by atoms with Crippen LogP contribution >= 0.6 is 0 Å². The van der Waals surface area contributed by atoms with Crippen molar-refractivity contribution in [3.05, 3.63) is 102 Å². The Morgan fingerprint density at radius 2 is 1.21 bits per heavy atom. The zero-order valence-corrected chi connectivity index (χ0v) is 32.6. The predicted octanol–water partition coefficient (Wildman–Crippen LogP) is 1.09. The summed E-state index contributed by atoms with van der Waals surface area (Å²) in [5.74, 6) is -6.52. The van der Waals surface area contributed by atoms with E-state index >= 15 is 0 Å². The Morgan fingerprint density at radius 3 is 1.80 bits per heavy atom. The molecule has 2 heterocycles. The summed E-state index contributed by atoms with van der Waals surface area (Å²) in [6.07, 6.45) is -7.93. The zero-order valence-electron chi connectivity index (χ0n) is 32.6. The summed E-state index contributed by atoms with van der Waals surface area (Å²) >= 11 is 0. The van der Waals surface area contributed by atoms with Gasteiger partial charge in [0, 0.05) is 25.2 Å². The van der Waals surface area contributed by atoms with E-state index in [0.717, 1.165) is 25.2 Å². The van der Waals surface area contributed by atoms with E-state index in [1.165, 1.54) is 92.1 Å². The summed E-state index contributed by atoms with van der Waals surface area (Å²) in [7, 11) is 1.34. The van der Waals surface area contributed by atoms with Gasteiger partial charge in [-0.2, -0.15) is 0 Å². The predicted molar refractivity (Wildman–Crippen MR) is 208 cm³/mol. The highest BCUT2D eigenvalue weighted by Crippen LogP contribution is 2.39. The number of methoxy groups -OCH3 is 1. The molecule has 326 valence electrons. The molecule has 0 aliphatic carbocycles.